The predicted octanol–water partition coefficient (Wildman–Crippen LogP) is 3.33. The Hall–Kier alpha value is -2.95. The number of nitrogens with one attached hydrogen (secondary N) is 1. The molecular weight excluding hydrogens is 271 g/mol. The number of aromatic nitrogens is 1. The lowest BCUT2D eigenvalue weighted by molar-refractivity contribution is 0.102. The number of fused-ring (bicyclic) bond motifs is 1. The molecule has 0 saturated carbocycles. The van der Waals surface area contributed by atoms with Crippen LogP contribution in [0.2, 0.25) is 0 Å². The van der Waals surface area contributed by atoms with Crippen molar-refractivity contribution in [2.24, 2.45) is 0 Å². The summed E-state index contributed by atoms with van der Waals surface area (Å²) in [6.45, 7) is 0. The van der Waals surface area contributed by atoms with Gasteiger partial charge >= 0.3 is 0 Å². The summed E-state index contributed by atoms with van der Waals surface area (Å²) >= 11 is 0. The SMILES string of the molecule is O=C(Nc1cccc2cnccc12)c1c(O)cccc1F. The zero-order valence-corrected chi connectivity index (χ0v) is 10.9. The molecule has 3 rings (SSSR count). The van der Waals surface area contributed by atoms with Crippen molar-refractivity contribution in [3.8, 4) is 5.75 Å². The highest BCUT2D eigenvalue weighted by atomic mass is 19.1. The second-order valence-electron chi connectivity index (χ2n) is 4.49. The van der Waals surface area contributed by atoms with Gasteiger partial charge in [-0.15, -0.1) is 0 Å². The topological polar surface area (TPSA) is 62.2 Å². The third-order valence-corrected chi connectivity index (χ3v) is 3.15. The standard InChI is InChI=1S/C16H11FN2O2/c17-12-4-2-6-14(20)15(12)16(21)19-13-5-1-3-10-9-18-8-7-11(10)13/h1-9,20H,(H,19,21). The van der Waals surface area contributed by atoms with Gasteiger partial charge in [0.15, 0.2) is 0 Å². The molecule has 0 unspecified atom stereocenters. The first-order chi connectivity index (χ1) is 10.2. The predicted molar refractivity (Wildman–Crippen MR) is 77.8 cm³/mol. The van der Waals surface area contributed by atoms with Crippen LogP contribution in [0.3, 0.4) is 0 Å². The molecule has 21 heavy (non-hydrogen) atoms. The van der Waals surface area contributed by atoms with E-state index in [1.807, 2.05) is 6.07 Å². The van der Waals surface area contributed by atoms with Gasteiger partial charge in [0.25, 0.3) is 5.91 Å². The number of phenolic OH excluding ortho intramolecular Hbond substituents is 1. The minimum atomic E-state index is -0.769. The lowest BCUT2D eigenvalue weighted by Gasteiger charge is -2.10. The maximum Gasteiger partial charge on any atom is 0.262 e. The van der Waals surface area contributed by atoms with E-state index in [1.54, 1.807) is 30.6 Å². The number of pyridine rings is 1. The van der Waals surface area contributed by atoms with Crippen LogP contribution >= 0.6 is 0 Å². The van der Waals surface area contributed by atoms with E-state index in [0.29, 0.717) is 5.69 Å². The van der Waals surface area contributed by atoms with Gasteiger partial charge < -0.3 is 10.4 Å². The second kappa shape index (κ2) is 5.20. The van der Waals surface area contributed by atoms with Crippen LogP contribution in [0.4, 0.5) is 10.1 Å². The van der Waals surface area contributed by atoms with Gasteiger partial charge in [-0.1, -0.05) is 18.2 Å². The van der Waals surface area contributed by atoms with Crippen LogP contribution in [-0.4, -0.2) is 16.0 Å². The average molecular weight is 282 g/mol. The van der Waals surface area contributed by atoms with Gasteiger partial charge in [0.05, 0.1) is 0 Å². The zero-order chi connectivity index (χ0) is 14.8. The first-order valence-corrected chi connectivity index (χ1v) is 6.28. The van der Waals surface area contributed by atoms with Crippen molar-refractivity contribution in [3.05, 3.63) is 66.2 Å². The van der Waals surface area contributed by atoms with E-state index in [0.717, 1.165) is 16.8 Å². The van der Waals surface area contributed by atoms with Crippen molar-refractivity contribution < 1.29 is 14.3 Å². The van der Waals surface area contributed by atoms with Gasteiger partial charge in [-0.2, -0.15) is 0 Å². The molecule has 0 atom stereocenters. The fraction of sp³-hybridized carbons (Fsp3) is 0. The molecule has 4 nitrogen and oxygen atoms in total. The third kappa shape index (κ3) is 2.41. The molecule has 3 aromatic rings. The summed E-state index contributed by atoms with van der Waals surface area (Å²) in [6.07, 6.45) is 3.28. The molecule has 0 fully saturated rings. The fourth-order valence-corrected chi connectivity index (χ4v) is 2.15. The number of rotatable bonds is 2. The molecule has 0 spiro atoms. The number of anilines is 1. The van der Waals surface area contributed by atoms with Crippen LogP contribution in [0.25, 0.3) is 10.8 Å². The minimum Gasteiger partial charge on any atom is -0.507 e. The third-order valence-electron chi connectivity index (χ3n) is 3.15. The molecule has 1 aromatic heterocycles. The molecule has 0 aliphatic heterocycles. The zero-order valence-electron chi connectivity index (χ0n) is 10.9. The molecule has 1 heterocycles. The molecule has 0 radical (unpaired) electrons. The first kappa shape index (κ1) is 13.1. The van der Waals surface area contributed by atoms with Crippen molar-refractivity contribution >= 4 is 22.4 Å². The number of hydrogen-bond acceptors (Lipinski definition) is 3. The van der Waals surface area contributed by atoms with Crippen molar-refractivity contribution in [1.29, 1.82) is 0 Å². The second-order valence-corrected chi connectivity index (χ2v) is 4.49. The smallest absolute Gasteiger partial charge is 0.262 e. The Kier molecular flexibility index (Phi) is 3.23. The highest BCUT2D eigenvalue weighted by molar-refractivity contribution is 6.10. The van der Waals surface area contributed by atoms with E-state index >= 15 is 0 Å². The normalized spacial score (nSPS) is 10.5. The van der Waals surface area contributed by atoms with Crippen LogP contribution in [0.1, 0.15) is 10.4 Å². The number of amides is 1. The number of benzene rings is 2. The number of halogens is 1. The Morgan fingerprint density at radius 3 is 2.76 bits per heavy atom. The monoisotopic (exact) mass is 282 g/mol. The van der Waals surface area contributed by atoms with Crippen LogP contribution in [0.5, 0.6) is 5.75 Å². The van der Waals surface area contributed by atoms with Crippen LogP contribution < -0.4 is 5.32 Å². The van der Waals surface area contributed by atoms with E-state index < -0.39 is 17.5 Å². The summed E-state index contributed by atoms with van der Waals surface area (Å²) in [5.41, 5.74) is 0.158. The number of carbonyl (C=O) groups excluding carboxylic acids is 1. The largest absolute Gasteiger partial charge is 0.507 e. The Labute approximate surface area is 119 Å². The van der Waals surface area contributed by atoms with E-state index in [4.69, 9.17) is 0 Å². The lowest BCUT2D eigenvalue weighted by atomic mass is 10.1. The maximum absolute atomic E-state index is 13.7. The van der Waals surface area contributed by atoms with Crippen molar-refractivity contribution in [1.82, 2.24) is 4.98 Å². The lowest BCUT2D eigenvalue weighted by Crippen LogP contribution is -2.14. The first-order valence-electron chi connectivity index (χ1n) is 6.28. The van der Waals surface area contributed by atoms with E-state index in [2.05, 4.69) is 10.3 Å². The van der Waals surface area contributed by atoms with Gasteiger partial charge in [-0.05, 0) is 24.3 Å². The number of phenols is 1. The summed E-state index contributed by atoms with van der Waals surface area (Å²) < 4.78 is 13.7. The number of hydrogen-bond donors (Lipinski definition) is 2. The maximum atomic E-state index is 13.7. The molecule has 2 N–H and O–H groups in total. The van der Waals surface area contributed by atoms with Gasteiger partial charge in [-0.25, -0.2) is 4.39 Å². The van der Waals surface area contributed by atoms with Crippen LogP contribution in [0.15, 0.2) is 54.9 Å². The Bertz CT molecular complexity index is 808. The van der Waals surface area contributed by atoms with Gasteiger partial charge in [0.2, 0.25) is 0 Å². The summed E-state index contributed by atoms with van der Waals surface area (Å²) in [4.78, 5) is 16.2. The molecule has 0 bridgehead atoms. The number of aromatic hydroxyl groups is 1. The summed E-state index contributed by atoms with van der Waals surface area (Å²) in [7, 11) is 0. The van der Waals surface area contributed by atoms with E-state index in [-0.39, 0.29) is 5.56 Å². The van der Waals surface area contributed by atoms with E-state index in [9.17, 15) is 14.3 Å². The Morgan fingerprint density at radius 1 is 1.14 bits per heavy atom. The summed E-state index contributed by atoms with van der Waals surface area (Å²) in [5, 5.41) is 13.9. The molecule has 2 aromatic carbocycles. The molecular formula is C16H11FN2O2. The van der Waals surface area contributed by atoms with Crippen LogP contribution in [-0.2, 0) is 0 Å². The molecule has 0 aliphatic carbocycles. The molecule has 1 amide bonds. The fourth-order valence-electron chi connectivity index (χ4n) is 2.15. The number of nitrogens with zero attached hydrogens (tertiary/aromatic N) is 1. The van der Waals surface area contributed by atoms with Crippen molar-refractivity contribution in [3.63, 3.8) is 0 Å². The molecule has 104 valence electrons. The van der Waals surface area contributed by atoms with Gasteiger partial charge in [0.1, 0.15) is 17.1 Å². The van der Waals surface area contributed by atoms with Gasteiger partial charge in [0, 0.05) is 28.9 Å². The van der Waals surface area contributed by atoms with Crippen molar-refractivity contribution in [2.75, 3.05) is 5.32 Å². The van der Waals surface area contributed by atoms with E-state index in [1.165, 1.54) is 12.1 Å². The number of carbonyl (C=O) groups is 1. The van der Waals surface area contributed by atoms with Crippen molar-refractivity contribution in [2.45, 2.75) is 0 Å². The highest BCUT2D eigenvalue weighted by Gasteiger charge is 2.17. The molecule has 0 aliphatic rings. The highest BCUT2D eigenvalue weighted by Crippen LogP contribution is 2.25. The molecule has 5 heteroatoms. The Balaban J connectivity index is 2.01. The summed E-state index contributed by atoms with van der Waals surface area (Å²) in [5.74, 6) is -1.86. The van der Waals surface area contributed by atoms with Crippen LogP contribution in [0, 0.1) is 5.82 Å². The average Bonchev–Trinajstić information content (AvgIpc) is 2.47. The Morgan fingerprint density at radius 2 is 1.95 bits per heavy atom. The quantitative estimate of drug-likeness (QED) is 0.757. The summed E-state index contributed by atoms with van der Waals surface area (Å²) in [6, 6.07) is 10.8. The van der Waals surface area contributed by atoms with Gasteiger partial charge in [-0.3, -0.25) is 9.78 Å². The minimum absolute atomic E-state index is 0.372. The molecule has 0 saturated heterocycles.